The van der Waals surface area contributed by atoms with Gasteiger partial charge in [-0.2, -0.15) is 0 Å². The minimum atomic E-state index is 0.522. The summed E-state index contributed by atoms with van der Waals surface area (Å²) in [6.45, 7) is 8.08. The van der Waals surface area contributed by atoms with Crippen molar-refractivity contribution in [1.82, 2.24) is 5.32 Å². The molecule has 0 saturated heterocycles. The van der Waals surface area contributed by atoms with Crippen molar-refractivity contribution in [2.75, 3.05) is 0 Å². The second-order valence-electron chi connectivity index (χ2n) is 5.19. The molecule has 1 N–H and O–H groups in total. The summed E-state index contributed by atoms with van der Waals surface area (Å²) in [6.07, 6.45) is 1.04. The van der Waals surface area contributed by atoms with E-state index in [-0.39, 0.29) is 0 Å². The van der Waals surface area contributed by atoms with Crippen LogP contribution in [0.15, 0.2) is 36.4 Å². The van der Waals surface area contributed by atoms with Crippen molar-refractivity contribution in [2.45, 2.75) is 46.4 Å². The molecular formula is C17H23NOS. The van der Waals surface area contributed by atoms with Crippen LogP contribution in [-0.2, 0) is 19.6 Å². The van der Waals surface area contributed by atoms with Gasteiger partial charge >= 0.3 is 0 Å². The highest BCUT2D eigenvalue weighted by molar-refractivity contribution is 7.11. The van der Waals surface area contributed by atoms with Crippen molar-refractivity contribution in [3.63, 3.8) is 0 Å². The van der Waals surface area contributed by atoms with Crippen LogP contribution >= 0.6 is 11.3 Å². The van der Waals surface area contributed by atoms with Gasteiger partial charge in [-0.25, -0.2) is 0 Å². The van der Waals surface area contributed by atoms with E-state index in [4.69, 9.17) is 4.74 Å². The van der Waals surface area contributed by atoms with Gasteiger partial charge in [0, 0.05) is 22.3 Å². The summed E-state index contributed by atoms with van der Waals surface area (Å²) in [5.41, 5.74) is 1.32. The maximum atomic E-state index is 5.86. The Kier molecular flexibility index (Phi) is 5.62. The number of hydrogen-bond acceptors (Lipinski definition) is 3. The highest BCUT2D eigenvalue weighted by atomic mass is 32.1. The van der Waals surface area contributed by atoms with E-state index in [0.29, 0.717) is 12.6 Å². The normalized spacial score (nSPS) is 11.0. The van der Waals surface area contributed by atoms with Crippen LogP contribution in [0.25, 0.3) is 0 Å². The lowest BCUT2D eigenvalue weighted by molar-refractivity contribution is 0.309. The fourth-order valence-corrected chi connectivity index (χ4v) is 2.79. The maximum Gasteiger partial charge on any atom is 0.122 e. The largest absolute Gasteiger partial charge is 0.488 e. The van der Waals surface area contributed by atoms with Crippen LogP contribution in [-0.4, -0.2) is 6.04 Å². The van der Waals surface area contributed by atoms with E-state index in [1.165, 1.54) is 15.3 Å². The quantitative estimate of drug-likeness (QED) is 0.816. The predicted octanol–water partition coefficient (Wildman–Crippen LogP) is 4.39. The molecular weight excluding hydrogens is 266 g/mol. The number of thiophene rings is 1. The van der Waals surface area contributed by atoms with E-state index in [1.807, 2.05) is 17.4 Å². The Labute approximate surface area is 125 Å². The van der Waals surface area contributed by atoms with E-state index in [9.17, 15) is 0 Å². The summed E-state index contributed by atoms with van der Waals surface area (Å²) in [4.78, 5) is 2.63. The number of nitrogens with one attached hydrogen (secondary N) is 1. The number of rotatable bonds is 7. The number of aryl methyl sites for hydroxylation is 1. The van der Waals surface area contributed by atoms with Gasteiger partial charge in [0.05, 0.1) is 0 Å². The first kappa shape index (κ1) is 15.1. The molecule has 0 amide bonds. The van der Waals surface area contributed by atoms with E-state index < -0.39 is 0 Å². The summed E-state index contributed by atoms with van der Waals surface area (Å²) >= 11 is 1.82. The molecule has 0 aliphatic carbocycles. The van der Waals surface area contributed by atoms with E-state index in [2.05, 4.69) is 56.4 Å². The molecule has 1 heterocycles. The summed E-state index contributed by atoms with van der Waals surface area (Å²) < 4.78 is 5.86. The van der Waals surface area contributed by atoms with Gasteiger partial charge in [-0.15, -0.1) is 11.3 Å². The average Bonchev–Trinajstić information content (AvgIpc) is 2.91. The average molecular weight is 289 g/mol. The molecule has 2 rings (SSSR count). The number of benzene rings is 1. The van der Waals surface area contributed by atoms with Crippen molar-refractivity contribution in [1.29, 1.82) is 0 Å². The molecule has 0 saturated carbocycles. The van der Waals surface area contributed by atoms with Gasteiger partial charge in [0.1, 0.15) is 12.4 Å². The van der Waals surface area contributed by atoms with Crippen LogP contribution in [0.2, 0.25) is 0 Å². The second kappa shape index (κ2) is 7.46. The fourth-order valence-electron chi connectivity index (χ4n) is 1.91. The Morgan fingerprint density at radius 2 is 1.95 bits per heavy atom. The summed E-state index contributed by atoms with van der Waals surface area (Å²) in [7, 11) is 0. The van der Waals surface area contributed by atoms with Crippen LogP contribution < -0.4 is 10.1 Å². The summed E-state index contributed by atoms with van der Waals surface area (Å²) in [6, 6.07) is 13.2. The zero-order chi connectivity index (χ0) is 14.4. The van der Waals surface area contributed by atoms with Gasteiger partial charge in [0.25, 0.3) is 0 Å². The van der Waals surface area contributed by atoms with Crippen LogP contribution in [0.3, 0.4) is 0 Å². The monoisotopic (exact) mass is 289 g/mol. The fraction of sp³-hybridized carbons (Fsp3) is 0.412. The minimum absolute atomic E-state index is 0.522. The molecule has 3 heteroatoms. The van der Waals surface area contributed by atoms with Crippen molar-refractivity contribution >= 4 is 11.3 Å². The highest BCUT2D eigenvalue weighted by Crippen LogP contribution is 2.20. The molecule has 0 unspecified atom stereocenters. The molecule has 0 radical (unpaired) electrons. The zero-order valence-electron chi connectivity index (χ0n) is 12.5. The predicted molar refractivity (Wildman–Crippen MR) is 86.4 cm³/mol. The summed E-state index contributed by atoms with van der Waals surface area (Å²) in [5, 5.41) is 3.43. The zero-order valence-corrected chi connectivity index (χ0v) is 13.3. The van der Waals surface area contributed by atoms with E-state index >= 15 is 0 Å². The molecule has 1 aromatic carbocycles. The van der Waals surface area contributed by atoms with Crippen LogP contribution in [0.5, 0.6) is 5.75 Å². The first-order chi connectivity index (χ1) is 9.67. The standard InChI is InChI=1S/C17H23NOS/c1-4-14-6-5-7-15(10-14)19-12-17-9-8-16(20-17)11-18-13(2)3/h5-10,13,18H,4,11-12H2,1-3H3. The Bertz CT molecular complexity index is 533. The lowest BCUT2D eigenvalue weighted by Crippen LogP contribution is -2.21. The van der Waals surface area contributed by atoms with Gasteiger partial charge in [0.15, 0.2) is 0 Å². The third kappa shape index (κ3) is 4.66. The first-order valence-electron chi connectivity index (χ1n) is 7.20. The van der Waals surface area contributed by atoms with Crippen molar-refractivity contribution in [2.24, 2.45) is 0 Å². The molecule has 2 aromatic rings. The molecule has 0 aliphatic heterocycles. The summed E-state index contributed by atoms with van der Waals surface area (Å²) in [5.74, 6) is 0.958. The van der Waals surface area contributed by atoms with Gasteiger partial charge < -0.3 is 10.1 Å². The minimum Gasteiger partial charge on any atom is -0.488 e. The SMILES string of the molecule is CCc1cccc(OCc2ccc(CNC(C)C)s2)c1. The number of ether oxygens (including phenoxy) is 1. The Balaban J connectivity index is 1.87. The van der Waals surface area contributed by atoms with Crippen LogP contribution in [0.1, 0.15) is 36.1 Å². The topological polar surface area (TPSA) is 21.3 Å². The van der Waals surface area contributed by atoms with Crippen molar-refractivity contribution in [3.8, 4) is 5.75 Å². The molecule has 2 nitrogen and oxygen atoms in total. The van der Waals surface area contributed by atoms with Gasteiger partial charge in [0.2, 0.25) is 0 Å². The van der Waals surface area contributed by atoms with E-state index in [1.54, 1.807) is 0 Å². The lowest BCUT2D eigenvalue weighted by atomic mass is 10.2. The molecule has 108 valence electrons. The molecule has 0 spiro atoms. The molecule has 0 fully saturated rings. The highest BCUT2D eigenvalue weighted by Gasteiger charge is 2.02. The van der Waals surface area contributed by atoms with Crippen LogP contribution in [0, 0.1) is 0 Å². The molecule has 0 aliphatic rings. The molecule has 20 heavy (non-hydrogen) atoms. The third-order valence-electron chi connectivity index (χ3n) is 3.09. The number of hydrogen-bond donors (Lipinski definition) is 1. The Morgan fingerprint density at radius 1 is 1.15 bits per heavy atom. The van der Waals surface area contributed by atoms with Gasteiger partial charge in [-0.3, -0.25) is 0 Å². The molecule has 0 atom stereocenters. The third-order valence-corrected chi connectivity index (χ3v) is 4.15. The van der Waals surface area contributed by atoms with Gasteiger partial charge in [-0.1, -0.05) is 32.9 Å². The smallest absolute Gasteiger partial charge is 0.122 e. The van der Waals surface area contributed by atoms with Crippen molar-refractivity contribution < 1.29 is 4.74 Å². The molecule has 0 bridgehead atoms. The molecule has 1 aromatic heterocycles. The second-order valence-corrected chi connectivity index (χ2v) is 6.45. The lowest BCUT2D eigenvalue weighted by Gasteiger charge is -2.06. The van der Waals surface area contributed by atoms with Gasteiger partial charge in [-0.05, 0) is 36.2 Å². The van der Waals surface area contributed by atoms with E-state index in [0.717, 1.165) is 18.7 Å². The maximum absolute atomic E-state index is 5.86. The Hall–Kier alpha value is -1.32. The first-order valence-corrected chi connectivity index (χ1v) is 8.01. The van der Waals surface area contributed by atoms with Crippen molar-refractivity contribution in [3.05, 3.63) is 51.7 Å². The van der Waals surface area contributed by atoms with Crippen LogP contribution in [0.4, 0.5) is 0 Å². The Morgan fingerprint density at radius 3 is 2.70 bits per heavy atom.